The van der Waals surface area contributed by atoms with Gasteiger partial charge >= 0.3 is 0 Å². The van der Waals surface area contributed by atoms with Crippen LogP contribution in [0.2, 0.25) is 0 Å². The van der Waals surface area contributed by atoms with Gasteiger partial charge in [-0.25, -0.2) is 15.0 Å². The van der Waals surface area contributed by atoms with Crippen molar-refractivity contribution in [1.29, 1.82) is 0 Å². The second-order valence-corrected chi connectivity index (χ2v) is 8.43. The summed E-state index contributed by atoms with van der Waals surface area (Å²) in [6.07, 6.45) is 3.56. The van der Waals surface area contributed by atoms with E-state index in [1.807, 2.05) is 41.8 Å². The van der Waals surface area contributed by atoms with Crippen LogP contribution in [0.4, 0.5) is 17.5 Å². The molecule has 1 aliphatic heterocycles. The summed E-state index contributed by atoms with van der Waals surface area (Å²) in [6, 6.07) is 13.5. The van der Waals surface area contributed by atoms with Crippen LogP contribution in [0.15, 0.2) is 60.2 Å². The van der Waals surface area contributed by atoms with E-state index in [9.17, 15) is 4.79 Å². The number of piperazine rings is 1. The largest absolute Gasteiger partial charge is 0.353 e. The highest BCUT2D eigenvalue weighted by Crippen LogP contribution is 2.26. The van der Waals surface area contributed by atoms with Crippen molar-refractivity contribution in [3.63, 3.8) is 0 Å². The fraction of sp³-hybridized carbons (Fsp3) is 0.217. The van der Waals surface area contributed by atoms with Crippen LogP contribution in [0.3, 0.4) is 0 Å². The van der Waals surface area contributed by atoms with E-state index in [-0.39, 0.29) is 5.91 Å². The third kappa shape index (κ3) is 4.06. The van der Waals surface area contributed by atoms with Gasteiger partial charge in [-0.2, -0.15) is 0 Å². The number of rotatable bonds is 4. The molecule has 5 rings (SSSR count). The van der Waals surface area contributed by atoms with Crippen molar-refractivity contribution in [1.82, 2.24) is 15.0 Å². The van der Waals surface area contributed by atoms with Gasteiger partial charge in [-0.15, -0.1) is 11.3 Å². The first kappa shape index (κ1) is 19.4. The predicted octanol–water partition coefficient (Wildman–Crippen LogP) is 3.97. The molecule has 1 N–H and O–H groups in total. The number of pyridine rings is 1. The van der Waals surface area contributed by atoms with Gasteiger partial charge < -0.3 is 15.1 Å². The van der Waals surface area contributed by atoms with Gasteiger partial charge in [0.25, 0.3) is 5.91 Å². The number of nitrogens with one attached hydrogen (secondary N) is 1. The summed E-state index contributed by atoms with van der Waals surface area (Å²) in [5.41, 5.74) is 2.85. The molecule has 0 radical (unpaired) electrons. The van der Waals surface area contributed by atoms with Gasteiger partial charge in [0.15, 0.2) is 0 Å². The molecule has 0 unspecified atom stereocenters. The summed E-state index contributed by atoms with van der Waals surface area (Å²) in [4.78, 5) is 31.2. The molecular formula is C23H22N6OS. The Bertz CT molecular complexity index is 1200. The molecule has 4 aromatic rings. The highest BCUT2D eigenvalue weighted by molar-refractivity contribution is 7.12. The fourth-order valence-electron chi connectivity index (χ4n) is 3.81. The highest BCUT2D eigenvalue weighted by Gasteiger charge is 2.20. The number of aryl methyl sites for hydroxylation is 1. The minimum atomic E-state index is -0.0863. The lowest BCUT2D eigenvalue weighted by molar-refractivity contribution is 0.103. The lowest BCUT2D eigenvalue weighted by Crippen LogP contribution is -2.47. The first-order chi connectivity index (χ1) is 15.2. The highest BCUT2D eigenvalue weighted by atomic mass is 32.1. The number of amides is 1. The summed E-state index contributed by atoms with van der Waals surface area (Å²) in [5, 5.41) is 5.92. The number of nitrogens with zero attached hydrogens (tertiary/aromatic N) is 5. The summed E-state index contributed by atoms with van der Waals surface area (Å²) in [6.45, 7) is 5.54. The average Bonchev–Trinajstić information content (AvgIpc) is 3.35. The number of aromatic nitrogens is 3. The minimum Gasteiger partial charge on any atom is -0.353 e. The van der Waals surface area contributed by atoms with Gasteiger partial charge in [0, 0.05) is 49.6 Å². The number of carbonyl (C=O) groups is 1. The molecule has 0 saturated carbocycles. The molecule has 1 amide bonds. The van der Waals surface area contributed by atoms with Crippen molar-refractivity contribution in [2.75, 3.05) is 41.3 Å². The van der Waals surface area contributed by atoms with Gasteiger partial charge in [0.2, 0.25) is 5.95 Å². The van der Waals surface area contributed by atoms with Crippen molar-refractivity contribution in [3.05, 3.63) is 70.7 Å². The SMILES string of the molecule is Cc1cc(N2CCN(c3ncccn3)CC2)nc2ccc(NC(=O)c3cccs3)cc12. The van der Waals surface area contributed by atoms with Crippen LogP contribution in [0.5, 0.6) is 0 Å². The summed E-state index contributed by atoms with van der Waals surface area (Å²) in [5.74, 6) is 1.67. The summed E-state index contributed by atoms with van der Waals surface area (Å²) < 4.78 is 0. The molecule has 8 heteroatoms. The summed E-state index contributed by atoms with van der Waals surface area (Å²) in [7, 11) is 0. The van der Waals surface area contributed by atoms with E-state index in [0.29, 0.717) is 4.88 Å². The quantitative estimate of drug-likeness (QED) is 0.528. The Morgan fingerprint density at radius 3 is 2.52 bits per heavy atom. The van der Waals surface area contributed by atoms with Crippen molar-refractivity contribution < 1.29 is 4.79 Å². The Morgan fingerprint density at radius 2 is 1.77 bits per heavy atom. The average molecular weight is 431 g/mol. The molecule has 1 aliphatic rings. The molecule has 31 heavy (non-hydrogen) atoms. The molecule has 156 valence electrons. The second kappa shape index (κ2) is 8.31. The number of benzene rings is 1. The van der Waals surface area contributed by atoms with Crippen molar-refractivity contribution in [2.45, 2.75) is 6.92 Å². The van der Waals surface area contributed by atoms with Gasteiger partial charge in [-0.3, -0.25) is 4.79 Å². The van der Waals surface area contributed by atoms with Crippen LogP contribution in [-0.2, 0) is 0 Å². The molecule has 0 spiro atoms. The third-order valence-electron chi connectivity index (χ3n) is 5.44. The van der Waals surface area contributed by atoms with E-state index >= 15 is 0 Å². The Kier molecular flexibility index (Phi) is 5.21. The first-order valence-corrected chi connectivity index (χ1v) is 11.1. The number of hydrogen-bond donors (Lipinski definition) is 1. The van der Waals surface area contributed by atoms with E-state index < -0.39 is 0 Å². The van der Waals surface area contributed by atoms with E-state index in [2.05, 4.69) is 38.1 Å². The maximum atomic E-state index is 12.4. The van der Waals surface area contributed by atoms with Crippen LogP contribution in [0.1, 0.15) is 15.2 Å². The molecule has 0 bridgehead atoms. The van der Waals surface area contributed by atoms with Crippen LogP contribution >= 0.6 is 11.3 Å². The van der Waals surface area contributed by atoms with Crippen LogP contribution in [0, 0.1) is 6.92 Å². The maximum Gasteiger partial charge on any atom is 0.265 e. The number of anilines is 3. The van der Waals surface area contributed by atoms with Crippen LogP contribution in [0.25, 0.3) is 10.9 Å². The van der Waals surface area contributed by atoms with Gasteiger partial charge in [0.05, 0.1) is 10.4 Å². The summed E-state index contributed by atoms with van der Waals surface area (Å²) >= 11 is 1.43. The zero-order valence-electron chi connectivity index (χ0n) is 17.2. The topological polar surface area (TPSA) is 74.2 Å². The number of hydrogen-bond acceptors (Lipinski definition) is 7. The zero-order valence-corrected chi connectivity index (χ0v) is 18.0. The predicted molar refractivity (Wildman–Crippen MR) is 125 cm³/mol. The standard InChI is InChI=1S/C23H22N6OS/c1-16-14-21(28-9-11-29(12-10-28)23-24-7-3-8-25-23)27-19-6-5-17(15-18(16)19)26-22(30)20-4-2-13-31-20/h2-8,13-15H,9-12H2,1H3,(H,26,30). The number of thiophene rings is 1. The molecule has 1 saturated heterocycles. The van der Waals surface area contributed by atoms with E-state index in [4.69, 9.17) is 4.98 Å². The van der Waals surface area contributed by atoms with Crippen molar-refractivity contribution in [2.24, 2.45) is 0 Å². The van der Waals surface area contributed by atoms with Crippen LogP contribution < -0.4 is 15.1 Å². The Morgan fingerprint density at radius 1 is 1.00 bits per heavy atom. The fourth-order valence-corrected chi connectivity index (χ4v) is 4.43. The van der Waals surface area contributed by atoms with E-state index in [0.717, 1.165) is 60.1 Å². The molecule has 7 nitrogen and oxygen atoms in total. The molecule has 3 aromatic heterocycles. The van der Waals surface area contributed by atoms with Crippen LogP contribution in [-0.4, -0.2) is 47.0 Å². The molecule has 0 aliphatic carbocycles. The Labute approximate surface area is 184 Å². The third-order valence-corrected chi connectivity index (χ3v) is 6.31. The molecule has 1 fully saturated rings. The Balaban J connectivity index is 1.32. The Hall–Kier alpha value is -3.52. The van der Waals surface area contributed by atoms with E-state index in [1.165, 1.54) is 11.3 Å². The molecule has 0 atom stereocenters. The normalized spacial score (nSPS) is 14.1. The molecule has 1 aromatic carbocycles. The molecular weight excluding hydrogens is 408 g/mol. The zero-order chi connectivity index (χ0) is 21.2. The van der Waals surface area contributed by atoms with Crippen molar-refractivity contribution >= 4 is 45.6 Å². The lowest BCUT2D eigenvalue weighted by Gasteiger charge is -2.35. The lowest BCUT2D eigenvalue weighted by atomic mass is 10.1. The molecule has 4 heterocycles. The van der Waals surface area contributed by atoms with Gasteiger partial charge in [0.1, 0.15) is 5.82 Å². The number of fused-ring (bicyclic) bond motifs is 1. The minimum absolute atomic E-state index is 0.0863. The van der Waals surface area contributed by atoms with E-state index in [1.54, 1.807) is 12.4 Å². The smallest absolute Gasteiger partial charge is 0.265 e. The van der Waals surface area contributed by atoms with Gasteiger partial charge in [-0.05, 0) is 54.3 Å². The monoisotopic (exact) mass is 430 g/mol. The van der Waals surface area contributed by atoms with Crippen molar-refractivity contribution in [3.8, 4) is 0 Å². The number of carbonyl (C=O) groups excluding carboxylic acids is 1. The van der Waals surface area contributed by atoms with Gasteiger partial charge in [-0.1, -0.05) is 6.07 Å². The maximum absolute atomic E-state index is 12.4. The second-order valence-electron chi connectivity index (χ2n) is 7.48. The first-order valence-electron chi connectivity index (χ1n) is 10.2.